The van der Waals surface area contributed by atoms with Gasteiger partial charge in [0, 0.05) is 11.4 Å². The molecule has 4 heteroatoms. The van der Waals surface area contributed by atoms with E-state index >= 15 is 0 Å². The quantitative estimate of drug-likeness (QED) is 0.881. The van der Waals surface area contributed by atoms with Crippen LogP contribution in [0.2, 0.25) is 5.02 Å². The van der Waals surface area contributed by atoms with Crippen molar-refractivity contribution in [3.8, 4) is 0 Å². The molecule has 0 bridgehead atoms. The van der Waals surface area contributed by atoms with Gasteiger partial charge in [-0.2, -0.15) is 0 Å². The van der Waals surface area contributed by atoms with E-state index in [2.05, 4.69) is 0 Å². The van der Waals surface area contributed by atoms with Gasteiger partial charge in [0.1, 0.15) is 0 Å². The lowest BCUT2D eigenvalue weighted by Gasteiger charge is -2.15. The molecule has 0 aliphatic heterocycles. The normalized spacial score (nSPS) is 12.1. The second-order valence-corrected chi connectivity index (χ2v) is 5.26. The standard InChI is InChI=1S/C17H17ClO3/c1-12-14(8-5-9-15(12)18)10-16(17(19)20)21-11-13-6-3-2-4-7-13/h2-9,16H,10-11H2,1H3,(H,19,20). The predicted octanol–water partition coefficient (Wildman–Crippen LogP) is 3.86. The molecule has 0 amide bonds. The number of aliphatic carboxylic acids is 1. The van der Waals surface area contributed by atoms with Crippen LogP contribution in [0, 0.1) is 6.92 Å². The van der Waals surface area contributed by atoms with Gasteiger partial charge in [0.2, 0.25) is 0 Å². The monoisotopic (exact) mass is 304 g/mol. The smallest absolute Gasteiger partial charge is 0.333 e. The first-order valence-electron chi connectivity index (χ1n) is 6.70. The first-order valence-corrected chi connectivity index (χ1v) is 7.08. The molecule has 0 saturated carbocycles. The van der Waals surface area contributed by atoms with Crippen LogP contribution in [0.5, 0.6) is 0 Å². The molecule has 3 nitrogen and oxygen atoms in total. The largest absolute Gasteiger partial charge is 0.479 e. The van der Waals surface area contributed by atoms with Crippen LogP contribution in [-0.4, -0.2) is 17.2 Å². The van der Waals surface area contributed by atoms with Gasteiger partial charge >= 0.3 is 5.97 Å². The number of carbonyl (C=O) groups is 1. The van der Waals surface area contributed by atoms with E-state index in [0.29, 0.717) is 11.4 Å². The van der Waals surface area contributed by atoms with Crippen LogP contribution in [0.3, 0.4) is 0 Å². The fraction of sp³-hybridized carbons (Fsp3) is 0.235. The first kappa shape index (κ1) is 15.5. The molecule has 0 aromatic heterocycles. The molecular formula is C17H17ClO3. The number of ether oxygens (including phenoxy) is 1. The summed E-state index contributed by atoms with van der Waals surface area (Å²) in [5.74, 6) is -0.967. The number of rotatable bonds is 6. The van der Waals surface area contributed by atoms with Crippen molar-refractivity contribution >= 4 is 17.6 Å². The maximum absolute atomic E-state index is 11.4. The summed E-state index contributed by atoms with van der Waals surface area (Å²) in [4.78, 5) is 11.4. The molecule has 110 valence electrons. The third-order valence-corrected chi connectivity index (χ3v) is 3.76. The summed E-state index contributed by atoms with van der Waals surface area (Å²) < 4.78 is 5.55. The summed E-state index contributed by atoms with van der Waals surface area (Å²) in [6, 6.07) is 15.0. The van der Waals surface area contributed by atoms with Gasteiger partial charge in [0.25, 0.3) is 0 Å². The van der Waals surface area contributed by atoms with Gasteiger partial charge in [0.05, 0.1) is 6.61 Å². The Balaban J connectivity index is 2.06. The minimum atomic E-state index is -0.967. The highest BCUT2D eigenvalue weighted by atomic mass is 35.5. The lowest BCUT2D eigenvalue weighted by atomic mass is 10.0. The molecule has 1 atom stereocenters. The Hall–Kier alpha value is -1.84. The Kier molecular flexibility index (Phi) is 5.37. The summed E-state index contributed by atoms with van der Waals surface area (Å²) in [5.41, 5.74) is 2.74. The minimum Gasteiger partial charge on any atom is -0.479 e. The third kappa shape index (κ3) is 4.31. The fourth-order valence-corrected chi connectivity index (χ4v) is 2.26. The highest BCUT2D eigenvalue weighted by Crippen LogP contribution is 2.21. The van der Waals surface area contributed by atoms with Crippen molar-refractivity contribution in [3.63, 3.8) is 0 Å². The summed E-state index contributed by atoms with van der Waals surface area (Å²) in [5, 5.41) is 9.95. The van der Waals surface area contributed by atoms with Crippen LogP contribution >= 0.6 is 11.6 Å². The summed E-state index contributed by atoms with van der Waals surface area (Å²) >= 11 is 6.06. The van der Waals surface area contributed by atoms with Crippen LogP contribution in [-0.2, 0) is 22.6 Å². The Morgan fingerprint density at radius 3 is 2.57 bits per heavy atom. The molecular weight excluding hydrogens is 288 g/mol. The highest BCUT2D eigenvalue weighted by molar-refractivity contribution is 6.31. The predicted molar refractivity (Wildman–Crippen MR) is 82.5 cm³/mol. The van der Waals surface area contributed by atoms with Crippen molar-refractivity contribution in [1.29, 1.82) is 0 Å². The molecule has 0 fully saturated rings. The van der Waals surface area contributed by atoms with E-state index in [1.54, 1.807) is 6.07 Å². The van der Waals surface area contributed by atoms with E-state index in [-0.39, 0.29) is 6.61 Å². The average Bonchev–Trinajstić information content (AvgIpc) is 2.48. The number of hydrogen-bond donors (Lipinski definition) is 1. The van der Waals surface area contributed by atoms with Crippen molar-refractivity contribution in [2.24, 2.45) is 0 Å². The Morgan fingerprint density at radius 2 is 1.90 bits per heavy atom. The van der Waals surface area contributed by atoms with Crippen LogP contribution in [0.15, 0.2) is 48.5 Å². The van der Waals surface area contributed by atoms with E-state index < -0.39 is 12.1 Å². The zero-order valence-electron chi connectivity index (χ0n) is 11.8. The summed E-state index contributed by atoms with van der Waals surface area (Å²) in [6.45, 7) is 2.16. The molecule has 21 heavy (non-hydrogen) atoms. The SMILES string of the molecule is Cc1c(Cl)cccc1CC(OCc1ccccc1)C(=O)O. The lowest BCUT2D eigenvalue weighted by Crippen LogP contribution is -2.26. The molecule has 1 N–H and O–H groups in total. The van der Waals surface area contributed by atoms with E-state index in [0.717, 1.165) is 16.7 Å². The van der Waals surface area contributed by atoms with Gasteiger partial charge in [-0.15, -0.1) is 0 Å². The van der Waals surface area contributed by atoms with Gasteiger partial charge in [0.15, 0.2) is 6.10 Å². The highest BCUT2D eigenvalue weighted by Gasteiger charge is 2.20. The van der Waals surface area contributed by atoms with Gasteiger partial charge in [-0.25, -0.2) is 4.79 Å². The molecule has 0 heterocycles. The Morgan fingerprint density at radius 1 is 1.19 bits per heavy atom. The van der Waals surface area contributed by atoms with E-state index in [4.69, 9.17) is 16.3 Å². The Labute approximate surface area is 129 Å². The number of carboxylic acids is 1. The van der Waals surface area contributed by atoms with Crippen molar-refractivity contribution < 1.29 is 14.6 Å². The van der Waals surface area contributed by atoms with Gasteiger partial charge < -0.3 is 9.84 Å². The van der Waals surface area contributed by atoms with Gasteiger partial charge in [-0.1, -0.05) is 54.1 Å². The van der Waals surface area contributed by atoms with Crippen LogP contribution < -0.4 is 0 Å². The topological polar surface area (TPSA) is 46.5 Å². The van der Waals surface area contributed by atoms with Crippen molar-refractivity contribution in [2.45, 2.75) is 26.1 Å². The molecule has 0 radical (unpaired) electrons. The maximum Gasteiger partial charge on any atom is 0.333 e. The van der Waals surface area contributed by atoms with Crippen molar-refractivity contribution in [1.82, 2.24) is 0 Å². The third-order valence-electron chi connectivity index (χ3n) is 3.35. The number of benzene rings is 2. The molecule has 0 aliphatic carbocycles. The van der Waals surface area contributed by atoms with E-state index in [9.17, 15) is 9.90 Å². The molecule has 0 spiro atoms. The first-order chi connectivity index (χ1) is 10.1. The zero-order valence-corrected chi connectivity index (χ0v) is 12.5. The molecule has 2 rings (SSSR count). The molecule has 0 saturated heterocycles. The molecule has 1 unspecified atom stereocenters. The fourth-order valence-electron chi connectivity index (χ4n) is 2.06. The Bertz CT molecular complexity index is 611. The zero-order chi connectivity index (χ0) is 15.2. The van der Waals surface area contributed by atoms with Crippen LogP contribution in [0.1, 0.15) is 16.7 Å². The second kappa shape index (κ2) is 7.25. The summed E-state index contributed by atoms with van der Waals surface area (Å²) in [7, 11) is 0. The van der Waals surface area contributed by atoms with E-state index in [1.807, 2.05) is 49.4 Å². The van der Waals surface area contributed by atoms with Gasteiger partial charge in [-0.3, -0.25) is 0 Å². The molecule has 0 aliphatic rings. The van der Waals surface area contributed by atoms with Crippen molar-refractivity contribution in [3.05, 3.63) is 70.2 Å². The molecule has 2 aromatic rings. The van der Waals surface area contributed by atoms with E-state index in [1.165, 1.54) is 0 Å². The average molecular weight is 305 g/mol. The maximum atomic E-state index is 11.4. The number of hydrogen-bond acceptors (Lipinski definition) is 2. The van der Waals surface area contributed by atoms with Crippen LogP contribution in [0.25, 0.3) is 0 Å². The number of halogens is 1. The number of carboxylic acid groups (broad SMARTS) is 1. The second-order valence-electron chi connectivity index (χ2n) is 4.85. The summed E-state index contributed by atoms with van der Waals surface area (Å²) in [6.07, 6.45) is -0.587. The van der Waals surface area contributed by atoms with Crippen LogP contribution in [0.4, 0.5) is 0 Å². The van der Waals surface area contributed by atoms with Gasteiger partial charge in [-0.05, 0) is 29.7 Å². The van der Waals surface area contributed by atoms with Crippen molar-refractivity contribution in [2.75, 3.05) is 0 Å². The molecule has 2 aromatic carbocycles. The lowest BCUT2D eigenvalue weighted by molar-refractivity contribution is -0.151. The minimum absolute atomic E-state index is 0.275.